The Morgan fingerprint density at radius 2 is 1.45 bits per heavy atom. The lowest BCUT2D eigenvalue weighted by molar-refractivity contribution is 0.0832. The maximum atomic E-state index is 12.6. The van der Waals surface area contributed by atoms with Crippen molar-refractivity contribution in [3.05, 3.63) is 35.4 Å². The summed E-state index contributed by atoms with van der Waals surface area (Å²) in [6.45, 7) is 17.9. The highest BCUT2D eigenvalue weighted by Gasteiger charge is 2.29. The van der Waals surface area contributed by atoms with Gasteiger partial charge in [0.2, 0.25) is 11.9 Å². The smallest absolute Gasteiger partial charge is 0.225 e. The van der Waals surface area contributed by atoms with Gasteiger partial charge in [0.25, 0.3) is 0 Å². The summed E-state index contributed by atoms with van der Waals surface area (Å²) in [5.41, 5.74) is 2.77. The molecular formula is C25H37N7O. The van der Waals surface area contributed by atoms with Crippen LogP contribution in [0.1, 0.15) is 69.6 Å². The van der Waals surface area contributed by atoms with E-state index in [0.717, 1.165) is 58.1 Å². The number of nitrogens with zero attached hydrogens (tertiary/aromatic N) is 7. The molecule has 0 radical (unpaired) electrons. The first kappa shape index (κ1) is 23.5. The fraction of sp³-hybridized carbons (Fsp3) is 0.640. The Hall–Kier alpha value is -2.61. The minimum Gasteiger partial charge on any atom is -0.337 e. The van der Waals surface area contributed by atoms with Crippen molar-refractivity contribution in [3.8, 4) is 0 Å². The second-order valence-corrected chi connectivity index (χ2v) is 10.8. The number of hydrogen-bond acceptors (Lipinski definition) is 8. The Balaban J connectivity index is 1.37. The van der Waals surface area contributed by atoms with Crippen LogP contribution < -0.4 is 9.80 Å². The van der Waals surface area contributed by atoms with Gasteiger partial charge >= 0.3 is 0 Å². The SMILES string of the molecule is CCC(C)(C)C(=O)c1cnc(N2CCN(c3ncc4c(n3)CCN(C(C)(C)C)C4)CC2)nc1. The molecule has 0 bridgehead atoms. The number of hydrogen-bond donors (Lipinski definition) is 0. The second kappa shape index (κ2) is 8.97. The molecule has 0 spiro atoms. The topological polar surface area (TPSA) is 78.4 Å². The number of ketones is 1. The number of anilines is 2. The molecule has 178 valence electrons. The minimum atomic E-state index is -0.392. The molecule has 0 amide bonds. The van der Waals surface area contributed by atoms with Crippen LogP contribution >= 0.6 is 0 Å². The third kappa shape index (κ3) is 5.00. The lowest BCUT2D eigenvalue weighted by Crippen LogP contribution is -2.48. The number of aromatic nitrogens is 4. The molecule has 8 nitrogen and oxygen atoms in total. The van der Waals surface area contributed by atoms with E-state index in [1.807, 2.05) is 27.0 Å². The fourth-order valence-corrected chi connectivity index (χ4v) is 4.29. The van der Waals surface area contributed by atoms with Gasteiger partial charge in [-0.05, 0) is 27.2 Å². The number of rotatable bonds is 5. The molecule has 8 heteroatoms. The molecule has 2 aliphatic rings. The van der Waals surface area contributed by atoms with Crippen molar-refractivity contribution in [3.63, 3.8) is 0 Å². The Labute approximate surface area is 197 Å². The van der Waals surface area contributed by atoms with Crippen molar-refractivity contribution in [1.82, 2.24) is 24.8 Å². The van der Waals surface area contributed by atoms with Crippen LogP contribution in [0.2, 0.25) is 0 Å². The second-order valence-electron chi connectivity index (χ2n) is 10.8. The third-order valence-electron chi connectivity index (χ3n) is 7.11. The van der Waals surface area contributed by atoms with E-state index in [1.54, 1.807) is 12.4 Å². The number of piperazine rings is 1. The predicted octanol–water partition coefficient (Wildman–Crippen LogP) is 3.37. The highest BCUT2D eigenvalue weighted by molar-refractivity contribution is 5.99. The molecule has 2 aliphatic heterocycles. The average molecular weight is 452 g/mol. The van der Waals surface area contributed by atoms with Crippen LogP contribution in [0.3, 0.4) is 0 Å². The van der Waals surface area contributed by atoms with Gasteiger partial charge in [0.05, 0.1) is 11.3 Å². The summed E-state index contributed by atoms with van der Waals surface area (Å²) in [7, 11) is 0. The van der Waals surface area contributed by atoms with Crippen LogP contribution in [0.15, 0.2) is 18.6 Å². The number of carbonyl (C=O) groups is 1. The van der Waals surface area contributed by atoms with Crippen molar-refractivity contribution in [2.24, 2.45) is 5.41 Å². The molecule has 0 unspecified atom stereocenters. The normalized spacial score (nSPS) is 17.8. The first-order valence-corrected chi connectivity index (χ1v) is 12.0. The Morgan fingerprint density at radius 1 is 0.879 bits per heavy atom. The standard InChI is InChI=1S/C25H37N7O/c1-7-25(5,6)21(33)18-14-26-22(27-15-18)30-10-12-31(13-11-30)23-28-16-19-17-32(24(2,3)4)9-8-20(19)29-23/h14-16H,7-13,17H2,1-6H3. The monoisotopic (exact) mass is 451 g/mol. The largest absolute Gasteiger partial charge is 0.337 e. The summed E-state index contributed by atoms with van der Waals surface area (Å²) < 4.78 is 0. The van der Waals surface area contributed by atoms with E-state index in [4.69, 9.17) is 9.97 Å². The van der Waals surface area contributed by atoms with Gasteiger partial charge in [-0.15, -0.1) is 0 Å². The highest BCUT2D eigenvalue weighted by Crippen LogP contribution is 2.27. The lowest BCUT2D eigenvalue weighted by Gasteiger charge is -2.39. The van der Waals surface area contributed by atoms with Crippen molar-refractivity contribution in [2.45, 2.75) is 66.5 Å². The van der Waals surface area contributed by atoms with Gasteiger partial charge < -0.3 is 9.80 Å². The zero-order chi connectivity index (χ0) is 23.8. The zero-order valence-electron chi connectivity index (χ0n) is 20.9. The Bertz CT molecular complexity index is 989. The van der Waals surface area contributed by atoms with Crippen LogP contribution in [-0.4, -0.2) is 68.9 Å². The number of Topliss-reactive ketones (excluding diaryl/α,β-unsaturated/α-hetero) is 1. The average Bonchev–Trinajstić information content (AvgIpc) is 2.82. The van der Waals surface area contributed by atoms with E-state index in [-0.39, 0.29) is 11.3 Å². The molecule has 0 atom stereocenters. The van der Waals surface area contributed by atoms with E-state index in [2.05, 4.69) is 45.4 Å². The molecular weight excluding hydrogens is 414 g/mol. The quantitative estimate of drug-likeness (QED) is 0.641. The van der Waals surface area contributed by atoms with Crippen molar-refractivity contribution in [1.29, 1.82) is 0 Å². The molecule has 0 aromatic carbocycles. The third-order valence-corrected chi connectivity index (χ3v) is 7.11. The number of carbonyl (C=O) groups excluding carboxylic acids is 1. The molecule has 0 N–H and O–H groups in total. The van der Waals surface area contributed by atoms with Crippen LogP contribution in [0.25, 0.3) is 0 Å². The Kier molecular flexibility index (Phi) is 6.40. The highest BCUT2D eigenvalue weighted by atomic mass is 16.1. The van der Waals surface area contributed by atoms with E-state index >= 15 is 0 Å². The zero-order valence-corrected chi connectivity index (χ0v) is 20.9. The molecule has 0 saturated carbocycles. The van der Waals surface area contributed by atoms with Gasteiger partial charge in [-0.3, -0.25) is 9.69 Å². The van der Waals surface area contributed by atoms with Gasteiger partial charge in [0, 0.05) is 80.8 Å². The molecule has 1 fully saturated rings. The van der Waals surface area contributed by atoms with Crippen LogP contribution in [0, 0.1) is 5.41 Å². The van der Waals surface area contributed by atoms with E-state index in [1.165, 1.54) is 11.3 Å². The maximum Gasteiger partial charge on any atom is 0.225 e. The fourth-order valence-electron chi connectivity index (χ4n) is 4.29. The first-order chi connectivity index (χ1) is 15.6. The van der Waals surface area contributed by atoms with E-state index in [9.17, 15) is 4.79 Å². The van der Waals surface area contributed by atoms with Crippen LogP contribution in [0.4, 0.5) is 11.9 Å². The number of fused-ring (bicyclic) bond motifs is 1. The summed E-state index contributed by atoms with van der Waals surface area (Å²) in [6.07, 6.45) is 7.10. The maximum absolute atomic E-state index is 12.6. The summed E-state index contributed by atoms with van der Waals surface area (Å²) in [4.78, 5) is 38.1. The van der Waals surface area contributed by atoms with Gasteiger partial charge in [-0.1, -0.05) is 20.8 Å². The summed E-state index contributed by atoms with van der Waals surface area (Å²) in [5.74, 6) is 1.59. The van der Waals surface area contributed by atoms with Crippen molar-refractivity contribution >= 4 is 17.7 Å². The van der Waals surface area contributed by atoms with Gasteiger partial charge in [0.15, 0.2) is 5.78 Å². The molecule has 4 rings (SSSR count). The summed E-state index contributed by atoms with van der Waals surface area (Å²) in [5, 5.41) is 0. The Morgan fingerprint density at radius 3 is 2.03 bits per heavy atom. The van der Waals surface area contributed by atoms with Gasteiger partial charge in [0.1, 0.15) is 0 Å². The van der Waals surface area contributed by atoms with Gasteiger partial charge in [-0.2, -0.15) is 0 Å². The molecule has 2 aromatic heterocycles. The molecule has 33 heavy (non-hydrogen) atoms. The predicted molar refractivity (Wildman–Crippen MR) is 131 cm³/mol. The molecule has 4 heterocycles. The summed E-state index contributed by atoms with van der Waals surface area (Å²) in [6, 6.07) is 0. The lowest BCUT2D eigenvalue weighted by atomic mass is 9.83. The summed E-state index contributed by atoms with van der Waals surface area (Å²) >= 11 is 0. The molecule has 0 aliphatic carbocycles. The van der Waals surface area contributed by atoms with Crippen molar-refractivity contribution in [2.75, 3.05) is 42.5 Å². The van der Waals surface area contributed by atoms with Crippen LogP contribution in [-0.2, 0) is 13.0 Å². The van der Waals surface area contributed by atoms with Crippen LogP contribution in [0.5, 0.6) is 0 Å². The van der Waals surface area contributed by atoms with Crippen molar-refractivity contribution < 1.29 is 4.79 Å². The first-order valence-electron chi connectivity index (χ1n) is 12.0. The van der Waals surface area contributed by atoms with Gasteiger partial charge in [-0.25, -0.2) is 19.9 Å². The van der Waals surface area contributed by atoms with E-state index < -0.39 is 5.41 Å². The molecule has 1 saturated heterocycles. The molecule has 2 aromatic rings. The van der Waals surface area contributed by atoms with E-state index in [0.29, 0.717) is 11.5 Å². The minimum absolute atomic E-state index is 0.0940.